The molecule has 3 aromatic rings. The number of aromatic nitrogens is 1. The Morgan fingerprint density at radius 1 is 1.00 bits per heavy atom. The highest BCUT2D eigenvalue weighted by atomic mass is 35.5. The predicted molar refractivity (Wildman–Crippen MR) is 106 cm³/mol. The van der Waals surface area contributed by atoms with Crippen molar-refractivity contribution >= 4 is 27.4 Å². The molecular formula is C20H15ClF4N2O3S. The molecule has 3 rings (SSSR count). The fraction of sp³-hybridized carbons (Fsp3) is 0.150. The zero-order valence-electron chi connectivity index (χ0n) is 15.7. The van der Waals surface area contributed by atoms with Crippen molar-refractivity contribution in [2.24, 2.45) is 0 Å². The van der Waals surface area contributed by atoms with Crippen LogP contribution in [0.5, 0.6) is 0 Å². The molecule has 0 unspecified atom stereocenters. The number of benzene rings is 2. The van der Waals surface area contributed by atoms with Gasteiger partial charge in [-0.3, -0.25) is 4.72 Å². The van der Waals surface area contributed by atoms with Gasteiger partial charge in [-0.2, -0.15) is 13.2 Å². The van der Waals surface area contributed by atoms with Crippen molar-refractivity contribution in [2.45, 2.75) is 24.3 Å². The molecule has 0 radical (unpaired) electrons. The monoisotopic (exact) mass is 474 g/mol. The summed E-state index contributed by atoms with van der Waals surface area (Å²) in [4.78, 5) is 3.34. The smallest absolute Gasteiger partial charge is 0.370 e. The third-order valence-corrected chi connectivity index (χ3v) is 5.64. The number of nitrogens with zero attached hydrogens (tertiary/aromatic N) is 1. The standard InChI is InChI=1S/C20H15ClF4N2O3S/c21-14-6-4-13(5-7-14)11-30-12-15-2-1-3-19(26-15)27-31(28,29)16-8-9-18(22)17(10-16)20(23,24)25/h1-10H,11-12H2,(H,26,27). The molecule has 0 saturated carbocycles. The molecular weight excluding hydrogens is 460 g/mol. The van der Waals surface area contributed by atoms with Crippen LogP contribution in [0.25, 0.3) is 0 Å². The summed E-state index contributed by atoms with van der Waals surface area (Å²) in [5.41, 5.74) is -0.407. The van der Waals surface area contributed by atoms with E-state index in [1.165, 1.54) is 12.1 Å². The maximum Gasteiger partial charge on any atom is 0.419 e. The molecule has 164 valence electrons. The largest absolute Gasteiger partial charge is 0.419 e. The lowest BCUT2D eigenvalue weighted by molar-refractivity contribution is -0.140. The van der Waals surface area contributed by atoms with E-state index in [4.69, 9.17) is 16.3 Å². The molecule has 0 spiro atoms. The van der Waals surface area contributed by atoms with Crippen molar-refractivity contribution < 1.29 is 30.7 Å². The number of nitrogens with one attached hydrogen (secondary N) is 1. The summed E-state index contributed by atoms with van der Waals surface area (Å²) in [7, 11) is -4.43. The van der Waals surface area contributed by atoms with Crippen molar-refractivity contribution in [2.75, 3.05) is 4.72 Å². The summed E-state index contributed by atoms with van der Waals surface area (Å²) in [6.45, 7) is 0.331. The van der Waals surface area contributed by atoms with Gasteiger partial charge >= 0.3 is 6.18 Å². The first-order valence-corrected chi connectivity index (χ1v) is 10.6. The van der Waals surface area contributed by atoms with E-state index in [1.807, 2.05) is 0 Å². The van der Waals surface area contributed by atoms with Crippen LogP contribution >= 0.6 is 11.6 Å². The van der Waals surface area contributed by atoms with Gasteiger partial charge < -0.3 is 4.74 Å². The van der Waals surface area contributed by atoms with E-state index >= 15 is 0 Å². The molecule has 1 aromatic heterocycles. The van der Waals surface area contributed by atoms with Gasteiger partial charge in [-0.15, -0.1) is 0 Å². The second-order valence-electron chi connectivity index (χ2n) is 6.38. The van der Waals surface area contributed by atoms with Crippen LogP contribution in [0.1, 0.15) is 16.8 Å². The van der Waals surface area contributed by atoms with Gasteiger partial charge in [0, 0.05) is 5.02 Å². The summed E-state index contributed by atoms with van der Waals surface area (Å²) in [5.74, 6) is -1.69. The van der Waals surface area contributed by atoms with E-state index in [0.717, 1.165) is 11.6 Å². The predicted octanol–water partition coefficient (Wildman–Crippen LogP) is 5.41. The maximum absolute atomic E-state index is 13.4. The molecule has 1 N–H and O–H groups in total. The number of hydrogen-bond donors (Lipinski definition) is 1. The lowest BCUT2D eigenvalue weighted by atomic mass is 10.2. The second kappa shape index (κ2) is 9.21. The number of anilines is 1. The van der Waals surface area contributed by atoms with Crippen molar-refractivity contribution in [1.29, 1.82) is 0 Å². The molecule has 31 heavy (non-hydrogen) atoms. The second-order valence-corrected chi connectivity index (χ2v) is 8.50. The van der Waals surface area contributed by atoms with Crippen LogP contribution in [0.2, 0.25) is 5.02 Å². The summed E-state index contributed by atoms with van der Waals surface area (Å²) in [6, 6.07) is 12.9. The highest BCUT2D eigenvalue weighted by Gasteiger charge is 2.35. The van der Waals surface area contributed by atoms with Crippen molar-refractivity contribution in [3.8, 4) is 0 Å². The van der Waals surface area contributed by atoms with Gasteiger partial charge in [0.15, 0.2) is 0 Å². The van der Waals surface area contributed by atoms with Gasteiger partial charge in [-0.1, -0.05) is 29.8 Å². The average molecular weight is 475 g/mol. The molecule has 2 aromatic carbocycles. The van der Waals surface area contributed by atoms with Crippen LogP contribution < -0.4 is 4.72 Å². The van der Waals surface area contributed by atoms with Crippen molar-refractivity contribution in [3.05, 3.63) is 88.3 Å². The molecule has 0 bridgehead atoms. The zero-order valence-corrected chi connectivity index (χ0v) is 17.2. The van der Waals surface area contributed by atoms with Crippen molar-refractivity contribution in [1.82, 2.24) is 4.98 Å². The minimum Gasteiger partial charge on any atom is -0.370 e. The Bertz CT molecular complexity index is 1170. The molecule has 0 aliphatic carbocycles. The number of hydrogen-bond acceptors (Lipinski definition) is 4. The quantitative estimate of drug-likeness (QED) is 0.465. The molecule has 11 heteroatoms. The number of pyridine rings is 1. The van der Waals surface area contributed by atoms with Gasteiger partial charge in [0.05, 0.1) is 29.4 Å². The zero-order chi connectivity index (χ0) is 22.6. The Balaban J connectivity index is 1.70. The van der Waals surface area contributed by atoms with E-state index in [2.05, 4.69) is 9.71 Å². The van der Waals surface area contributed by atoms with Crippen LogP contribution in [0.4, 0.5) is 23.4 Å². The number of ether oxygens (including phenoxy) is 1. The first-order chi connectivity index (χ1) is 14.5. The lowest BCUT2D eigenvalue weighted by Gasteiger charge is -2.12. The topological polar surface area (TPSA) is 68.3 Å². The Kier molecular flexibility index (Phi) is 6.83. The highest BCUT2D eigenvalue weighted by Crippen LogP contribution is 2.33. The van der Waals surface area contributed by atoms with E-state index in [9.17, 15) is 26.0 Å². The molecule has 0 aliphatic heterocycles. The van der Waals surface area contributed by atoms with E-state index in [-0.39, 0.29) is 25.1 Å². The Hall–Kier alpha value is -2.69. The van der Waals surface area contributed by atoms with Crippen molar-refractivity contribution in [3.63, 3.8) is 0 Å². The minimum absolute atomic E-state index is 0.0625. The number of halogens is 5. The fourth-order valence-electron chi connectivity index (χ4n) is 2.56. The molecule has 1 heterocycles. The summed E-state index contributed by atoms with van der Waals surface area (Å²) >= 11 is 5.81. The van der Waals surface area contributed by atoms with Gasteiger partial charge in [0.1, 0.15) is 11.6 Å². The molecule has 0 atom stereocenters. The molecule has 5 nitrogen and oxygen atoms in total. The molecule has 0 saturated heterocycles. The van der Waals surface area contributed by atoms with Crippen LogP contribution in [0, 0.1) is 5.82 Å². The highest BCUT2D eigenvalue weighted by molar-refractivity contribution is 7.92. The maximum atomic E-state index is 13.4. The van der Waals surface area contributed by atoms with Gasteiger partial charge in [0.2, 0.25) is 0 Å². The number of alkyl halides is 3. The van der Waals surface area contributed by atoms with Gasteiger partial charge in [-0.25, -0.2) is 17.8 Å². The fourth-order valence-corrected chi connectivity index (χ4v) is 3.71. The van der Waals surface area contributed by atoms with E-state index < -0.39 is 32.5 Å². The normalized spacial score (nSPS) is 12.0. The number of rotatable bonds is 7. The molecule has 0 fully saturated rings. The SMILES string of the molecule is O=S(=O)(Nc1cccc(COCc2ccc(Cl)cc2)n1)c1ccc(F)c(C(F)(F)F)c1. The lowest BCUT2D eigenvalue weighted by Crippen LogP contribution is -2.16. The Morgan fingerprint density at radius 2 is 1.71 bits per heavy atom. The summed E-state index contributed by atoms with van der Waals surface area (Å²) < 4.78 is 84.5. The molecule has 0 aliphatic rings. The van der Waals surface area contributed by atoms with E-state index in [0.29, 0.717) is 16.8 Å². The third kappa shape index (κ3) is 6.16. The minimum atomic E-state index is -5.03. The van der Waals surface area contributed by atoms with Gasteiger partial charge in [0.25, 0.3) is 10.0 Å². The number of sulfonamides is 1. The first-order valence-electron chi connectivity index (χ1n) is 8.72. The van der Waals surface area contributed by atoms with Crippen LogP contribution in [-0.2, 0) is 34.2 Å². The third-order valence-electron chi connectivity index (χ3n) is 4.03. The summed E-state index contributed by atoms with van der Waals surface area (Å²) in [5, 5.41) is 0.592. The van der Waals surface area contributed by atoms with Crippen LogP contribution in [0.3, 0.4) is 0 Å². The molecule has 0 amide bonds. The van der Waals surface area contributed by atoms with Crippen LogP contribution in [-0.4, -0.2) is 13.4 Å². The Morgan fingerprint density at radius 3 is 2.39 bits per heavy atom. The summed E-state index contributed by atoms with van der Waals surface area (Å²) in [6.07, 6.45) is -5.03. The van der Waals surface area contributed by atoms with E-state index in [1.54, 1.807) is 30.3 Å². The average Bonchev–Trinajstić information content (AvgIpc) is 2.69. The van der Waals surface area contributed by atoms with Gasteiger partial charge in [-0.05, 0) is 48.0 Å². The first kappa shape index (κ1) is 23.0. The Labute approximate surface area is 180 Å². The van der Waals surface area contributed by atoms with Crippen LogP contribution in [0.15, 0.2) is 65.6 Å².